The lowest BCUT2D eigenvalue weighted by Crippen LogP contribution is -2.29. The van der Waals surface area contributed by atoms with Crippen LogP contribution in [-0.2, 0) is 6.54 Å². The highest BCUT2D eigenvalue weighted by molar-refractivity contribution is 7.18. The van der Waals surface area contributed by atoms with Crippen molar-refractivity contribution in [2.45, 2.75) is 26.8 Å². The maximum atomic E-state index is 8.98. The molecule has 0 unspecified atom stereocenters. The van der Waals surface area contributed by atoms with Crippen molar-refractivity contribution in [3.8, 4) is 0 Å². The van der Waals surface area contributed by atoms with Gasteiger partial charge in [0, 0.05) is 19.7 Å². The van der Waals surface area contributed by atoms with E-state index in [4.69, 9.17) is 5.11 Å². The molecule has 2 N–H and O–H groups in total. The summed E-state index contributed by atoms with van der Waals surface area (Å²) in [6.45, 7) is 6.26. The minimum Gasteiger partial charge on any atom is -0.396 e. The highest BCUT2D eigenvalue weighted by Crippen LogP contribution is 2.22. The summed E-state index contributed by atoms with van der Waals surface area (Å²) in [6.07, 6.45) is 0.819. The molecule has 18 heavy (non-hydrogen) atoms. The summed E-state index contributed by atoms with van der Waals surface area (Å²) < 4.78 is 1.24. The van der Waals surface area contributed by atoms with Gasteiger partial charge >= 0.3 is 0 Å². The van der Waals surface area contributed by atoms with Crippen molar-refractivity contribution in [2.24, 2.45) is 5.41 Å². The van der Waals surface area contributed by atoms with E-state index in [-0.39, 0.29) is 12.0 Å². The topological polar surface area (TPSA) is 45.1 Å². The number of hydrogen-bond donors (Lipinski definition) is 2. The maximum Gasteiger partial charge on any atom is 0.108 e. The monoisotopic (exact) mass is 264 g/mol. The Kier molecular flexibility index (Phi) is 4.32. The van der Waals surface area contributed by atoms with Crippen LogP contribution in [0, 0.1) is 5.41 Å². The standard InChI is InChI=1S/C14H20N2OS/c1-14(2,7-8-17)10-15-9-13-16-11-5-3-4-6-12(11)18-13/h3-6,15,17H,7-10H2,1-2H3. The zero-order chi connectivity index (χ0) is 13.0. The molecule has 0 aliphatic rings. The summed E-state index contributed by atoms with van der Waals surface area (Å²) >= 11 is 1.74. The normalized spacial score (nSPS) is 12.2. The largest absolute Gasteiger partial charge is 0.396 e. The number of aliphatic hydroxyl groups excluding tert-OH is 1. The quantitative estimate of drug-likeness (QED) is 0.843. The summed E-state index contributed by atoms with van der Waals surface area (Å²) in [5.41, 5.74) is 1.21. The van der Waals surface area contributed by atoms with Crippen molar-refractivity contribution < 1.29 is 5.11 Å². The average Bonchev–Trinajstić information content (AvgIpc) is 2.71. The second-order valence-corrected chi connectivity index (χ2v) is 6.43. The highest BCUT2D eigenvalue weighted by atomic mass is 32.1. The number of fused-ring (bicyclic) bond motifs is 1. The summed E-state index contributed by atoms with van der Waals surface area (Å²) in [5, 5.41) is 13.5. The summed E-state index contributed by atoms with van der Waals surface area (Å²) in [7, 11) is 0. The van der Waals surface area contributed by atoms with Gasteiger partial charge in [-0.25, -0.2) is 4.98 Å². The minimum absolute atomic E-state index is 0.130. The van der Waals surface area contributed by atoms with Crippen molar-refractivity contribution in [3.63, 3.8) is 0 Å². The summed E-state index contributed by atoms with van der Waals surface area (Å²) in [5.74, 6) is 0. The number of para-hydroxylation sites is 1. The van der Waals surface area contributed by atoms with Crippen LogP contribution >= 0.6 is 11.3 Å². The average molecular weight is 264 g/mol. The molecule has 0 spiro atoms. The minimum atomic E-state index is 0.130. The first-order valence-electron chi connectivity index (χ1n) is 6.27. The molecule has 98 valence electrons. The van der Waals surface area contributed by atoms with Gasteiger partial charge in [0.25, 0.3) is 0 Å². The molecular formula is C14H20N2OS. The first-order chi connectivity index (χ1) is 8.61. The third kappa shape index (κ3) is 3.51. The highest BCUT2D eigenvalue weighted by Gasteiger charge is 2.16. The molecule has 0 bridgehead atoms. The molecule has 0 radical (unpaired) electrons. The predicted molar refractivity (Wildman–Crippen MR) is 76.8 cm³/mol. The van der Waals surface area contributed by atoms with E-state index < -0.39 is 0 Å². The van der Waals surface area contributed by atoms with Crippen molar-refractivity contribution in [2.75, 3.05) is 13.2 Å². The number of thiazole rings is 1. The lowest BCUT2D eigenvalue weighted by atomic mass is 9.90. The van der Waals surface area contributed by atoms with Crippen LogP contribution in [0.5, 0.6) is 0 Å². The molecule has 0 amide bonds. The van der Waals surface area contributed by atoms with E-state index in [0.717, 1.165) is 30.0 Å². The number of aliphatic hydroxyl groups is 1. The lowest BCUT2D eigenvalue weighted by molar-refractivity contribution is 0.207. The van der Waals surface area contributed by atoms with Crippen molar-refractivity contribution in [1.82, 2.24) is 10.3 Å². The molecule has 0 saturated carbocycles. The molecule has 1 aromatic heterocycles. The zero-order valence-electron chi connectivity index (χ0n) is 10.9. The fourth-order valence-electron chi connectivity index (χ4n) is 1.89. The summed E-state index contributed by atoms with van der Waals surface area (Å²) in [6, 6.07) is 8.21. The lowest BCUT2D eigenvalue weighted by Gasteiger charge is -2.23. The third-order valence-corrected chi connectivity index (χ3v) is 4.04. The van der Waals surface area contributed by atoms with Gasteiger partial charge in [0.2, 0.25) is 0 Å². The number of aromatic nitrogens is 1. The molecular weight excluding hydrogens is 244 g/mol. The first kappa shape index (κ1) is 13.5. The SMILES string of the molecule is CC(C)(CCO)CNCc1nc2ccccc2s1. The van der Waals surface area contributed by atoms with Gasteiger partial charge in [0.1, 0.15) is 5.01 Å². The van der Waals surface area contributed by atoms with Crippen LogP contribution in [0.3, 0.4) is 0 Å². The Balaban J connectivity index is 1.90. The Hall–Kier alpha value is -0.970. The molecule has 0 atom stereocenters. The van der Waals surface area contributed by atoms with Crippen LogP contribution in [0.4, 0.5) is 0 Å². The van der Waals surface area contributed by atoms with Gasteiger partial charge in [0.15, 0.2) is 0 Å². The van der Waals surface area contributed by atoms with E-state index in [1.165, 1.54) is 4.70 Å². The van der Waals surface area contributed by atoms with E-state index in [1.54, 1.807) is 11.3 Å². The van der Waals surface area contributed by atoms with E-state index in [2.05, 4.69) is 30.2 Å². The summed E-state index contributed by atoms with van der Waals surface area (Å²) in [4.78, 5) is 4.58. The second-order valence-electron chi connectivity index (χ2n) is 5.32. The van der Waals surface area contributed by atoms with Gasteiger partial charge in [-0.1, -0.05) is 26.0 Å². The Labute approximate surface area is 112 Å². The van der Waals surface area contributed by atoms with Gasteiger partial charge in [-0.15, -0.1) is 11.3 Å². The molecule has 2 aromatic rings. The smallest absolute Gasteiger partial charge is 0.108 e. The van der Waals surface area contributed by atoms with Crippen LogP contribution in [0.1, 0.15) is 25.3 Å². The number of nitrogens with zero attached hydrogens (tertiary/aromatic N) is 1. The zero-order valence-corrected chi connectivity index (χ0v) is 11.8. The molecule has 4 heteroatoms. The first-order valence-corrected chi connectivity index (χ1v) is 7.08. The van der Waals surface area contributed by atoms with Crippen LogP contribution < -0.4 is 5.32 Å². The van der Waals surface area contributed by atoms with E-state index in [9.17, 15) is 0 Å². The van der Waals surface area contributed by atoms with Gasteiger partial charge in [0.05, 0.1) is 10.2 Å². The fourth-order valence-corrected chi connectivity index (χ4v) is 2.83. The second kappa shape index (κ2) is 5.78. The molecule has 0 fully saturated rings. The van der Waals surface area contributed by atoms with E-state index in [1.807, 2.05) is 18.2 Å². The Morgan fingerprint density at radius 1 is 1.33 bits per heavy atom. The van der Waals surface area contributed by atoms with Crippen molar-refractivity contribution >= 4 is 21.6 Å². The molecule has 1 heterocycles. The Morgan fingerprint density at radius 2 is 2.11 bits per heavy atom. The number of nitrogens with one attached hydrogen (secondary N) is 1. The van der Waals surface area contributed by atoms with Crippen LogP contribution in [0.25, 0.3) is 10.2 Å². The number of benzene rings is 1. The van der Waals surface area contributed by atoms with Gasteiger partial charge in [-0.05, 0) is 24.0 Å². The van der Waals surface area contributed by atoms with E-state index >= 15 is 0 Å². The van der Waals surface area contributed by atoms with Crippen LogP contribution in [-0.4, -0.2) is 23.2 Å². The van der Waals surface area contributed by atoms with Crippen LogP contribution in [0.2, 0.25) is 0 Å². The molecule has 3 nitrogen and oxygen atoms in total. The van der Waals surface area contributed by atoms with Gasteiger partial charge in [-0.2, -0.15) is 0 Å². The third-order valence-electron chi connectivity index (χ3n) is 3.01. The Morgan fingerprint density at radius 3 is 2.83 bits per heavy atom. The van der Waals surface area contributed by atoms with E-state index in [0.29, 0.717) is 0 Å². The molecule has 0 aliphatic heterocycles. The fraction of sp³-hybridized carbons (Fsp3) is 0.500. The maximum absolute atomic E-state index is 8.98. The van der Waals surface area contributed by atoms with Gasteiger partial charge < -0.3 is 10.4 Å². The molecule has 0 saturated heterocycles. The van der Waals surface area contributed by atoms with Crippen molar-refractivity contribution in [3.05, 3.63) is 29.3 Å². The van der Waals surface area contributed by atoms with Crippen LogP contribution in [0.15, 0.2) is 24.3 Å². The molecule has 2 rings (SSSR count). The number of rotatable bonds is 6. The number of hydrogen-bond acceptors (Lipinski definition) is 4. The molecule has 0 aliphatic carbocycles. The van der Waals surface area contributed by atoms with Gasteiger partial charge in [-0.3, -0.25) is 0 Å². The Bertz CT molecular complexity index is 474. The molecule has 1 aromatic carbocycles. The predicted octanol–water partition coefficient (Wildman–Crippen LogP) is 2.79. The van der Waals surface area contributed by atoms with Crippen molar-refractivity contribution in [1.29, 1.82) is 0 Å².